The van der Waals surface area contributed by atoms with Gasteiger partial charge in [0.15, 0.2) is 0 Å². The zero-order chi connectivity index (χ0) is 11.8. The molecule has 1 aromatic heterocycles. The van der Waals surface area contributed by atoms with Crippen LogP contribution >= 0.6 is 0 Å². The molecule has 3 rings (SSSR count). The molecule has 0 fully saturated rings. The minimum absolute atomic E-state index is 0.401. The van der Waals surface area contributed by atoms with E-state index in [1.165, 1.54) is 11.1 Å². The Morgan fingerprint density at radius 1 is 1.47 bits per heavy atom. The number of nitrogens with zero attached hydrogens (tertiary/aromatic N) is 2. The number of aryl methyl sites for hydroxylation is 1. The van der Waals surface area contributed by atoms with Gasteiger partial charge in [0.05, 0.1) is 12.3 Å². The Bertz CT molecular complexity index is 533. The molecule has 1 N–H and O–H groups in total. The van der Waals surface area contributed by atoms with Gasteiger partial charge in [-0.15, -0.1) is 0 Å². The summed E-state index contributed by atoms with van der Waals surface area (Å²) in [5.41, 5.74) is 3.74. The van der Waals surface area contributed by atoms with Crippen LogP contribution in [-0.4, -0.2) is 14.9 Å². The van der Waals surface area contributed by atoms with Crippen molar-refractivity contribution in [3.05, 3.63) is 53.3 Å². The van der Waals surface area contributed by atoms with Gasteiger partial charge in [-0.25, -0.2) is 0 Å². The van der Waals surface area contributed by atoms with Crippen molar-refractivity contribution in [1.82, 2.24) is 9.78 Å². The maximum absolute atomic E-state index is 10.1. The van der Waals surface area contributed by atoms with Crippen molar-refractivity contribution >= 4 is 0 Å². The molecule has 2 aromatic rings. The minimum atomic E-state index is -0.401. The zero-order valence-electron chi connectivity index (χ0n) is 9.87. The van der Waals surface area contributed by atoms with Gasteiger partial charge in [-0.3, -0.25) is 4.68 Å². The van der Waals surface area contributed by atoms with E-state index in [9.17, 15) is 5.11 Å². The molecule has 0 saturated carbocycles. The molecule has 3 nitrogen and oxygen atoms in total. The van der Waals surface area contributed by atoms with Gasteiger partial charge < -0.3 is 5.11 Å². The lowest BCUT2D eigenvalue weighted by atomic mass is 9.74. The second-order valence-electron chi connectivity index (χ2n) is 4.80. The molecule has 2 atom stereocenters. The standard InChI is InChI=1S/C14H16N2O/c1-16-9-12(8-15-16)14(17)7-11-6-10-4-2-3-5-13(10)11/h2-5,8-9,11,14,17H,6-7H2,1H3. The summed E-state index contributed by atoms with van der Waals surface area (Å²) in [4.78, 5) is 0. The smallest absolute Gasteiger partial charge is 0.0826 e. The van der Waals surface area contributed by atoms with Crippen molar-refractivity contribution in [3.8, 4) is 0 Å². The van der Waals surface area contributed by atoms with Gasteiger partial charge in [-0.2, -0.15) is 5.10 Å². The molecular formula is C14H16N2O. The molecule has 0 aliphatic heterocycles. The van der Waals surface area contributed by atoms with Crippen molar-refractivity contribution in [2.45, 2.75) is 24.9 Å². The zero-order valence-corrected chi connectivity index (χ0v) is 9.87. The second kappa shape index (κ2) is 4.00. The third-order valence-electron chi connectivity index (χ3n) is 3.58. The lowest BCUT2D eigenvalue weighted by molar-refractivity contribution is 0.153. The quantitative estimate of drug-likeness (QED) is 0.874. The number of rotatable bonds is 3. The fourth-order valence-electron chi connectivity index (χ4n) is 2.59. The normalized spacial score (nSPS) is 19.5. The van der Waals surface area contributed by atoms with Crippen molar-refractivity contribution in [1.29, 1.82) is 0 Å². The first kappa shape index (κ1) is 10.5. The number of benzene rings is 1. The largest absolute Gasteiger partial charge is 0.388 e. The van der Waals surface area contributed by atoms with Gasteiger partial charge in [0.1, 0.15) is 0 Å². The van der Waals surface area contributed by atoms with E-state index in [2.05, 4.69) is 29.4 Å². The van der Waals surface area contributed by atoms with Crippen LogP contribution in [0.3, 0.4) is 0 Å². The maximum atomic E-state index is 10.1. The van der Waals surface area contributed by atoms with Crippen LogP contribution in [-0.2, 0) is 13.5 Å². The van der Waals surface area contributed by atoms with Gasteiger partial charge in [0, 0.05) is 18.8 Å². The first-order chi connectivity index (χ1) is 8.24. The number of aliphatic hydroxyl groups excluding tert-OH is 1. The molecule has 2 unspecified atom stereocenters. The number of hydrogen-bond donors (Lipinski definition) is 1. The minimum Gasteiger partial charge on any atom is -0.388 e. The first-order valence-electron chi connectivity index (χ1n) is 5.98. The Labute approximate surface area is 101 Å². The molecule has 0 saturated heterocycles. The molecule has 1 heterocycles. The van der Waals surface area contributed by atoms with Crippen molar-refractivity contribution in [2.75, 3.05) is 0 Å². The monoisotopic (exact) mass is 228 g/mol. The highest BCUT2D eigenvalue weighted by atomic mass is 16.3. The van der Waals surface area contributed by atoms with Crippen LogP contribution in [0, 0.1) is 0 Å². The summed E-state index contributed by atoms with van der Waals surface area (Å²) < 4.78 is 1.73. The van der Waals surface area contributed by atoms with E-state index in [1.54, 1.807) is 10.9 Å². The number of aliphatic hydroxyl groups is 1. The van der Waals surface area contributed by atoms with Gasteiger partial charge in [-0.1, -0.05) is 24.3 Å². The average molecular weight is 228 g/mol. The topological polar surface area (TPSA) is 38.0 Å². The highest BCUT2D eigenvalue weighted by Crippen LogP contribution is 2.40. The first-order valence-corrected chi connectivity index (χ1v) is 5.98. The molecule has 0 spiro atoms. The van der Waals surface area contributed by atoms with Crippen molar-refractivity contribution in [3.63, 3.8) is 0 Å². The lowest BCUT2D eigenvalue weighted by Gasteiger charge is -2.31. The van der Waals surface area contributed by atoms with Crippen LogP contribution in [0.15, 0.2) is 36.7 Å². The molecule has 0 bridgehead atoms. The van der Waals surface area contributed by atoms with E-state index in [4.69, 9.17) is 0 Å². The van der Waals surface area contributed by atoms with Crippen LogP contribution in [0.2, 0.25) is 0 Å². The Hall–Kier alpha value is -1.61. The second-order valence-corrected chi connectivity index (χ2v) is 4.80. The molecule has 17 heavy (non-hydrogen) atoms. The summed E-state index contributed by atoms with van der Waals surface area (Å²) in [6, 6.07) is 8.48. The van der Waals surface area contributed by atoms with E-state index in [1.807, 2.05) is 13.2 Å². The lowest BCUT2D eigenvalue weighted by Crippen LogP contribution is -2.19. The molecule has 0 amide bonds. The van der Waals surface area contributed by atoms with E-state index in [0.717, 1.165) is 18.4 Å². The molecule has 1 aromatic carbocycles. The fraction of sp³-hybridized carbons (Fsp3) is 0.357. The Morgan fingerprint density at radius 3 is 3.00 bits per heavy atom. The van der Waals surface area contributed by atoms with Gasteiger partial charge in [0.25, 0.3) is 0 Å². The summed E-state index contributed by atoms with van der Waals surface area (Å²) in [6.45, 7) is 0. The van der Waals surface area contributed by atoms with Crippen LogP contribution in [0.1, 0.15) is 35.1 Å². The molecule has 1 aliphatic carbocycles. The van der Waals surface area contributed by atoms with Gasteiger partial charge in [-0.05, 0) is 29.9 Å². The van der Waals surface area contributed by atoms with Crippen LogP contribution in [0.5, 0.6) is 0 Å². The summed E-state index contributed by atoms with van der Waals surface area (Å²) in [7, 11) is 1.87. The van der Waals surface area contributed by atoms with Crippen LogP contribution in [0.4, 0.5) is 0 Å². The number of fused-ring (bicyclic) bond motifs is 1. The van der Waals surface area contributed by atoms with Gasteiger partial charge in [0.2, 0.25) is 0 Å². The van der Waals surface area contributed by atoms with Crippen LogP contribution < -0.4 is 0 Å². The summed E-state index contributed by atoms with van der Waals surface area (Å²) in [5, 5.41) is 14.2. The van der Waals surface area contributed by atoms with E-state index < -0.39 is 6.10 Å². The fourth-order valence-corrected chi connectivity index (χ4v) is 2.59. The Kier molecular flexibility index (Phi) is 2.48. The van der Waals surface area contributed by atoms with Crippen LogP contribution in [0.25, 0.3) is 0 Å². The molecular weight excluding hydrogens is 212 g/mol. The molecule has 3 heteroatoms. The summed E-state index contributed by atoms with van der Waals surface area (Å²) >= 11 is 0. The van der Waals surface area contributed by atoms with Crippen molar-refractivity contribution < 1.29 is 5.11 Å². The Morgan fingerprint density at radius 2 is 2.29 bits per heavy atom. The molecule has 88 valence electrons. The summed E-state index contributed by atoms with van der Waals surface area (Å²) in [6.07, 6.45) is 5.11. The third kappa shape index (κ3) is 1.87. The SMILES string of the molecule is Cn1cc(C(O)CC2Cc3ccccc32)cn1. The predicted molar refractivity (Wildman–Crippen MR) is 65.7 cm³/mol. The Balaban J connectivity index is 1.70. The van der Waals surface area contributed by atoms with Gasteiger partial charge >= 0.3 is 0 Å². The van der Waals surface area contributed by atoms with E-state index >= 15 is 0 Å². The predicted octanol–water partition coefficient (Wildman–Crippen LogP) is 2.18. The van der Waals surface area contributed by atoms with Crippen molar-refractivity contribution in [2.24, 2.45) is 7.05 Å². The molecule has 0 radical (unpaired) electrons. The number of hydrogen-bond acceptors (Lipinski definition) is 2. The highest BCUT2D eigenvalue weighted by Gasteiger charge is 2.28. The van der Waals surface area contributed by atoms with E-state index in [-0.39, 0.29) is 0 Å². The highest BCUT2D eigenvalue weighted by molar-refractivity contribution is 5.40. The molecule has 1 aliphatic rings. The maximum Gasteiger partial charge on any atom is 0.0826 e. The summed E-state index contributed by atoms with van der Waals surface area (Å²) in [5.74, 6) is 0.501. The third-order valence-corrected chi connectivity index (χ3v) is 3.58. The number of aromatic nitrogens is 2. The average Bonchev–Trinajstić information content (AvgIpc) is 2.73. The van der Waals surface area contributed by atoms with E-state index in [0.29, 0.717) is 5.92 Å².